The Morgan fingerprint density at radius 1 is 1.25 bits per heavy atom. The van der Waals surface area contributed by atoms with Gasteiger partial charge in [-0.15, -0.1) is 0 Å². The number of hydrogen-bond donors (Lipinski definition) is 0. The molecule has 0 spiro atoms. The van der Waals surface area contributed by atoms with E-state index >= 15 is 0 Å². The van der Waals surface area contributed by atoms with Gasteiger partial charge in [-0.05, 0) is 32.0 Å². The van der Waals surface area contributed by atoms with Crippen molar-refractivity contribution in [1.82, 2.24) is 0 Å². The highest BCUT2D eigenvalue weighted by Gasteiger charge is 2.32. The Balaban J connectivity index is 2.72. The van der Waals surface area contributed by atoms with Gasteiger partial charge in [0, 0.05) is 0 Å². The quantitative estimate of drug-likeness (QED) is 0.474. The fraction of sp³-hybridized carbons (Fsp3) is 0.462. The number of ether oxygens (including phenoxy) is 2. The maximum atomic E-state index is 13.3. The van der Waals surface area contributed by atoms with E-state index in [4.69, 9.17) is 4.74 Å². The molecule has 0 heterocycles. The highest BCUT2D eigenvalue weighted by Crippen LogP contribution is 2.30. The van der Waals surface area contributed by atoms with Crippen LogP contribution in [0.4, 0.5) is 17.6 Å². The number of esters is 1. The van der Waals surface area contributed by atoms with E-state index in [1.165, 1.54) is 0 Å². The Hall–Kier alpha value is -1.63. The van der Waals surface area contributed by atoms with Gasteiger partial charge in [0.2, 0.25) is 0 Å². The van der Waals surface area contributed by atoms with Gasteiger partial charge in [-0.25, -0.2) is 9.18 Å². The molecule has 0 amide bonds. The number of alkyl halides is 3. The fourth-order valence-electron chi connectivity index (χ4n) is 1.35. The minimum Gasteiger partial charge on any atom is -0.460 e. The van der Waals surface area contributed by atoms with Gasteiger partial charge in [0.25, 0.3) is 0 Å². The summed E-state index contributed by atoms with van der Waals surface area (Å²) < 4.78 is 60.5. The minimum absolute atomic E-state index is 0.0704. The first kappa shape index (κ1) is 16.4. The lowest BCUT2D eigenvalue weighted by atomic mass is 10.1. The van der Waals surface area contributed by atoms with Crippen molar-refractivity contribution in [3.63, 3.8) is 0 Å². The molecule has 0 N–H and O–H groups in total. The predicted molar refractivity (Wildman–Crippen MR) is 62.8 cm³/mol. The molecule has 0 aliphatic heterocycles. The summed E-state index contributed by atoms with van der Waals surface area (Å²) in [7, 11) is 0. The Morgan fingerprint density at radius 3 is 2.45 bits per heavy atom. The number of hydrogen-bond acceptors (Lipinski definition) is 3. The van der Waals surface area contributed by atoms with Crippen molar-refractivity contribution in [2.75, 3.05) is 13.2 Å². The lowest BCUT2D eigenvalue weighted by Gasteiger charge is -2.11. The summed E-state index contributed by atoms with van der Waals surface area (Å²) >= 11 is 0. The molecule has 0 radical (unpaired) electrons. The summed E-state index contributed by atoms with van der Waals surface area (Å²) in [5.41, 5.74) is -1.85. The molecule has 20 heavy (non-hydrogen) atoms. The van der Waals surface area contributed by atoms with Crippen molar-refractivity contribution in [1.29, 1.82) is 0 Å². The molecule has 0 fully saturated rings. The topological polar surface area (TPSA) is 35.5 Å². The highest BCUT2D eigenvalue weighted by molar-refractivity contribution is 5.90. The summed E-state index contributed by atoms with van der Waals surface area (Å²) in [6, 6.07) is 1.58. The van der Waals surface area contributed by atoms with Crippen molar-refractivity contribution >= 4 is 5.97 Å². The van der Waals surface area contributed by atoms with Crippen LogP contribution in [0.1, 0.15) is 29.8 Å². The summed E-state index contributed by atoms with van der Waals surface area (Å²) in [6.45, 7) is 3.47. The van der Waals surface area contributed by atoms with Gasteiger partial charge in [-0.1, -0.05) is 0 Å². The van der Waals surface area contributed by atoms with Crippen LogP contribution in [0, 0.1) is 5.82 Å². The fourth-order valence-corrected chi connectivity index (χ4v) is 1.35. The molecule has 3 nitrogen and oxygen atoms in total. The van der Waals surface area contributed by atoms with Crippen LogP contribution in [0.25, 0.3) is 0 Å². The first-order valence-electron chi connectivity index (χ1n) is 5.87. The molecule has 0 aliphatic carbocycles. The maximum absolute atomic E-state index is 13.3. The molecule has 0 saturated carbocycles. The van der Waals surface area contributed by atoms with E-state index in [0.717, 1.165) is 0 Å². The zero-order chi connectivity index (χ0) is 15.3. The molecule has 1 rings (SSSR count). The number of rotatable bonds is 5. The molecule has 1 aromatic rings. The van der Waals surface area contributed by atoms with E-state index in [0.29, 0.717) is 18.2 Å². The van der Waals surface area contributed by atoms with E-state index in [1.54, 1.807) is 13.8 Å². The number of carbonyl (C=O) groups is 1. The summed E-state index contributed by atoms with van der Waals surface area (Å²) in [5, 5.41) is 0. The second-order valence-electron chi connectivity index (χ2n) is 4.25. The van der Waals surface area contributed by atoms with Crippen LogP contribution in [0.15, 0.2) is 18.2 Å². The first-order valence-corrected chi connectivity index (χ1v) is 5.87. The van der Waals surface area contributed by atoms with Crippen LogP contribution >= 0.6 is 0 Å². The van der Waals surface area contributed by atoms with Crippen molar-refractivity contribution in [3.8, 4) is 0 Å². The molecular weight excluding hydrogens is 280 g/mol. The monoisotopic (exact) mass is 294 g/mol. The maximum Gasteiger partial charge on any atom is 0.416 e. The molecule has 0 unspecified atom stereocenters. The standard InChI is InChI=1S/C13H14F4O3/c1-8(2)19-5-6-20-12(18)10-7-9(13(15,16)17)3-4-11(10)14/h3-4,7-8H,5-6H2,1-2H3. The smallest absolute Gasteiger partial charge is 0.416 e. The average Bonchev–Trinajstić information content (AvgIpc) is 2.33. The van der Waals surface area contributed by atoms with E-state index in [9.17, 15) is 22.4 Å². The molecular formula is C13H14F4O3. The van der Waals surface area contributed by atoms with Gasteiger partial charge in [-0.3, -0.25) is 0 Å². The van der Waals surface area contributed by atoms with Crippen LogP contribution in [-0.2, 0) is 15.7 Å². The first-order chi connectivity index (χ1) is 9.21. The third-order valence-electron chi connectivity index (χ3n) is 2.28. The van der Waals surface area contributed by atoms with Gasteiger partial charge < -0.3 is 9.47 Å². The van der Waals surface area contributed by atoms with Gasteiger partial charge in [0.1, 0.15) is 12.4 Å². The third-order valence-corrected chi connectivity index (χ3v) is 2.28. The Kier molecular flexibility index (Phi) is 5.50. The van der Waals surface area contributed by atoms with Gasteiger partial charge >= 0.3 is 12.1 Å². The van der Waals surface area contributed by atoms with Crippen molar-refractivity contribution < 1.29 is 31.8 Å². The van der Waals surface area contributed by atoms with E-state index in [2.05, 4.69) is 4.74 Å². The van der Waals surface area contributed by atoms with Gasteiger partial charge in [-0.2, -0.15) is 13.2 Å². The molecule has 112 valence electrons. The van der Waals surface area contributed by atoms with E-state index in [-0.39, 0.29) is 19.3 Å². The van der Waals surface area contributed by atoms with Crippen molar-refractivity contribution in [2.24, 2.45) is 0 Å². The third kappa shape index (κ3) is 4.80. The highest BCUT2D eigenvalue weighted by atomic mass is 19.4. The molecule has 0 saturated heterocycles. The second kappa shape index (κ2) is 6.69. The molecule has 0 aliphatic rings. The predicted octanol–water partition coefficient (Wildman–Crippen LogP) is 3.43. The lowest BCUT2D eigenvalue weighted by Crippen LogP contribution is -2.15. The Bertz CT molecular complexity index is 469. The number of benzene rings is 1. The zero-order valence-electron chi connectivity index (χ0n) is 11.0. The van der Waals surface area contributed by atoms with Crippen LogP contribution < -0.4 is 0 Å². The number of carbonyl (C=O) groups excluding carboxylic acids is 1. The molecule has 0 bridgehead atoms. The largest absolute Gasteiger partial charge is 0.460 e. The van der Waals surface area contributed by atoms with Gasteiger partial charge in [0.05, 0.1) is 23.8 Å². The Labute approximate surface area is 113 Å². The number of halogens is 4. The lowest BCUT2D eigenvalue weighted by molar-refractivity contribution is -0.137. The Morgan fingerprint density at radius 2 is 1.90 bits per heavy atom. The van der Waals surface area contributed by atoms with Crippen LogP contribution in [0.5, 0.6) is 0 Å². The van der Waals surface area contributed by atoms with Crippen molar-refractivity contribution in [2.45, 2.75) is 26.1 Å². The van der Waals surface area contributed by atoms with E-state index in [1.807, 2.05) is 0 Å². The summed E-state index contributed by atoms with van der Waals surface area (Å²) in [5.74, 6) is -2.21. The average molecular weight is 294 g/mol. The summed E-state index contributed by atoms with van der Waals surface area (Å²) in [6.07, 6.45) is -4.72. The minimum atomic E-state index is -4.65. The molecule has 0 aromatic heterocycles. The molecule has 7 heteroatoms. The molecule has 0 atom stereocenters. The molecule has 1 aromatic carbocycles. The second-order valence-corrected chi connectivity index (χ2v) is 4.25. The SMILES string of the molecule is CC(C)OCCOC(=O)c1cc(C(F)(F)F)ccc1F. The van der Waals surface area contributed by atoms with Crippen LogP contribution in [-0.4, -0.2) is 25.3 Å². The van der Waals surface area contributed by atoms with E-state index < -0.39 is 29.1 Å². The van der Waals surface area contributed by atoms with Crippen LogP contribution in [0.3, 0.4) is 0 Å². The van der Waals surface area contributed by atoms with Crippen LogP contribution in [0.2, 0.25) is 0 Å². The van der Waals surface area contributed by atoms with Gasteiger partial charge in [0.15, 0.2) is 0 Å². The summed E-state index contributed by atoms with van der Waals surface area (Å²) in [4.78, 5) is 11.5. The normalized spacial score (nSPS) is 11.8. The zero-order valence-corrected chi connectivity index (χ0v) is 11.0. The van der Waals surface area contributed by atoms with Crippen molar-refractivity contribution in [3.05, 3.63) is 35.1 Å².